The Balaban J connectivity index is 0.00000108. The maximum Gasteiger partial charge on any atom is 2.00 e. The number of hydrogen-bond donors (Lipinski definition) is 0. The first-order chi connectivity index (χ1) is 26.0. The molecule has 57 heavy (non-hydrogen) atoms. The summed E-state index contributed by atoms with van der Waals surface area (Å²) in [7, 11) is -9.95. The Hall–Kier alpha value is -2.60. The Morgan fingerprint density at radius 3 is 0.947 bits per heavy atom. The second kappa shape index (κ2) is 27.2. The molecule has 0 heterocycles. The zero-order valence-electron chi connectivity index (χ0n) is 34.5. The minimum atomic E-state index is -4.97. The van der Waals surface area contributed by atoms with Crippen molar-refractivity contribution in [2.24, 2.45) is 23.7 Å². The summed E-state index contributed by atoms with van der Waals surface area (Å²) in [6, 6.07) is 6.48. The summed E-state index contributed by atoms with van der Waals surface area (Å²) in [5.74, 6) is -1.46. The quantitative estimate of drug-likeness (QED) is 0.0377. The fraction of sp³-hybridized carbons (Fsp3) is 0.600. The maximum absolute atomic E-state index is 12.2. The Morgan fingerprint density at radius 2 is 0.719 bits per heavy atom. The molecule has 0 saturated carbocycles. The topological polar surface area (TPSA) is 220 Å². The van der Waals surface area contributed by atoms with E-state index < -0.39 is 53.9 Å². The van der Waals surface area contributed by atoms with E-state index in [9.17, 15) is 45.1 Å². The van der Waals surface area contributed by atoms with Crippen molar-refractivity contribution < 1.29 is 64.1 Å². The van der Waals surface area contributed by atoms with Crippen molar-refractivity contribution in [3.05, 3.63) is 58.7 Å². The van der Waals surface area contributed by atoms with E-state index in [4.69, 9.17) is 18.9 Å². The van der Waals surface area contributed by atoms with E-state index in [0.717, 1.165) is 49.9 Å². The van der Waals surface area contributed by atoms with Crippen LogP contribution in [-0.2, 0) is 39.2 Å². The van der Waals surface area contributed by atoms with Gasteiger partial charge in [0, 0.05) is 0 Å². The summed E-state index contributed by atoms with van der Waals surface area (Å²) >= 11 is 0. The molecular weight excluding hydrogens is 809 g/mol. The molecule has 0 N–H and O–H groups in total. The molecule has 0 saturated heterocycles. The van der Waals surface area contributed by atoms with Crippen molar-refractivity contribution >= 4 is 81.9 Å². The summed E-state index contributed by atoms with van der Waals surface area (Å²) in [4.78, 5) is 47.0. The van der Waals surface area contributed by atoms with Crippen LogP contribution in [-0.4, -0.2) is 114 Å². The molecule has 0 fully saturated rings. The van der Waals surface area contributed by atoms with E-state index in [0.29, 0.717) is 49.4 Å². The SMILES string of the molecule is CC(C)CCCOC(=O)c1ccc(C(=O)OCCCC(C)C)c(S(=O)(=O)[O-])c1.CC(C)CCCOC(=O)c1ccc(C(=O)OCCCC(C)C)c(S(=O)(=O)[O-])c1.[Ca+2]. The van der Waals surface area contributed by atoms with E-state index in [-0.39, 0.29) is 86.4 Å². The summed E-state index contributed by atoms with van der Waals surface area (Å²) in [5, 5.41) is 0. The van der Waals surface area contributed by atoms with Gasteiger partial charge >= 0.3 is 61.6 Å². The third-order valence-corrected chi connectivity index (χ3v) is 9.80. The van der Waals surface area contributed by atoms with Crippen LogP contribution in [0.3, 0.4) is 0 Å². The van der Waals surface area contributed by atoms with E-state index >= 15 is 0 Å². The van der Waals surface area contributed by atoms with Gasteiger partial charge in [0.1, 0.15) is 20.2 Å². The third kappa shape index (κ3) is 22.4. The second-order valence-electron chi connectivity index (χ2n) is 15.0. The van der Waals surface area contributed by atoms with Crippen molar-refractivity contribution in [3.63, 3.8) is 0 Å². The molecule has 0 amide bonds. The van der Waals surface area contributed by atoms with Gasteiger partial charge in [-0.05, 0) is 111 Å². The van der Waals surface area contributed by atoms with Gasteiger partial charge in [-0.1, -0.05) is 55.4 Å². The maximum atomic E-state index is 12.2. The van der Waals surface area contributed by atoms with Crippen LogP contribution in [0.25, 0.3) is 0 Å². The number of carbonyl (C=O) groups is 4. The molecule has 0 aliphatic carbocycles. The average Bonchev–Trinajstić information content (AvgIpc) is 3.10. The van der Waals surface area contributed by atoms with Crippen LogP contribution in [0.5, 0.6) is 0 Å². The van der Waals surface area contributed by atoms with E-state index in [1.165, 1.54) is 12.1 Å². The molecule has 2 aromatic rings. The number of rotatable bonds is 22. The predicted molar refractivity (Wildman–Crippen MR) is 212 cm³/mol. The fourth-order valence-corrected chi connectivity index (χ4v) is 6.38. The smallest absolute Gasteiger partial charge is 0.744 e. The number of carbonyl (C=O) groups excluding carboxylic acids is 4. The van der Waals surface area contributed by atoms with E-state index in [2.05, 4.69) is 0 Å². The van der Waals surface area contributed by atoms with Gasteiger partial charge in [-0.25, -0.2) is 36.0 Å². The van der Waals surface area contributed by atoms with Crippen LogP contribution in [0.4, 0.5) is 0 Å². The molecule has 2 aromatic carbocycles. The molecule has 2 rings (SSSR count). The zero-order valence-corrected chi connectivity index (χ0v) is 38.3. The van der Waals surface area contributed by atoms with Crippen molar-refractivity contribution in [1.29, 1.82) is 0 Å². The van der Waals surface area contributed by atoms with Crippen molar-refractivity contribution in [2.75, 3.05) is 26.4 Å². The normalized spacial score (nSPS) is 11.5. The summed E-state index contributed by atoms with van der Waals surface area (Å²) in [6.45, 7) is 16.9. The average molecular weight is 867 g/mol. The summed E-state index contributed by atoms with van der Waals surface area (Å²) in [5.41, 5.74) is -0.961. The minimum absolute atomic E-state index is 0. The molecule has 316 valence electrons. The fourth-order valence-electron chi connectivity index (χ4n) is 5.00. The van der Waals surface area contributed by atoms with E-state index in [1.807, 2.05) is 55.4 Å². The van der Waals surface area contributed by atoms with Crippen LogP contribution in [0.1, 0.15) is 148 Å². The van der Waals surface area contributed by atoms with Gasteiger partial charge in [0.15, 0.2) is 0 Å². The second-order valence-corrected chi connectivity index (χ2v) is 17.7. The molecule has 0 aliphatic rings. The molecular formula is C40H58CaO14S2. The Morgan fingerprint density at radius 1 is 0.474 bits per heavy atom. The predicted octanol–water partition coefficient (Wildman–Crippen LogP) is 7.17. The monoisotopic (exact) mass is 866 g/mol. The van der Waals surface area contributed by atoms with Crippen LogP contribution in [0, 0.1) is 23.7 Å². The largest absolute Gasteiger partial charge is 2.00 e. The van der Waals surface area contributed by atoms with Gasteiger partial charge in [-0.3, -0.25) is 0 Å². The van der Waals surface area contributed by atoms with Gasteiger partial charge in [-0.2, -0.15) is 0 Å². The molecule has 14 nitrogen and oxygen atoms in total. The number of esters is 4. The van der Waals surface area contributed by atoms with Gasteiger partial charge in [0.05, 0.1) is 58.5 Å². The van der Waals surface area contributed by atoms with Crippen molar-refractivity contribution in [1.82, 2.24) is 0 Å². The molecule has 0 radical (unpaired) electrons. The number of ether oxygens (including phenoxy) is 4. The summed E-state index contributed by atoms with van der Waals surface area (Å²) < 4.78 is 89.7. The first kappa shape index (κ1) is 54.4. The Kier molecular flexibility index (Phi) is 26.0. The molecule has 0 bridgehead atoms. The first-order valence-corrected chi connectivity index (χ1v) is 21.7. The zero-order chi connectivity index (χ0) is 42.6. The standard InChI is InChI=1S/2C20H30O7S.Ca/c2*1-14(2)7-5-11-26-19(21)16-9-10-17(18(13-16)28(23,24)25)20(22)27-12-6-8-15(3)4;/h2*9-10,13-15H,5-8,11-12H2,1-4H3,(H,23,24,25);/q;;+2/p-2. The van der Waals surface area contributed by atoms with Crippen LogP contribution in [0.2, 0.25) is 0 Å². The number of benzene rings is 2. The molecule has 0 unspecified atom stereocenters. The molecule has 0 aromatic heterocycles. The number of hydrogen-bond acceptors (Lipinski definition) is 14. The van der Waals surface area contributed by atoms with Crippen LogP contribution < -0.4 is 0 Å². The Labute approximate surface area is 368 Å². The van der Waals surface area contributed by atoms with Gasteiger partial charge < -0.3 is 28.1 Å². The van der Waals surface area contributed by atoms with Crippen molar-refractivity contribution in [2.45, 2.75) is 117 Å². The Bertz CT molecular complexity index is 1670. The summed E-state index contributed by atoms with van der Waals surface area (Å²) in [6.07, 6.45) is 6.08. The van der Waals surface area contributed by atoms with Gasteiger partial charge in [0.25, 0.3) is 0 Å². The molecule has 0 aliphatic heterocycles. The van der Waals surface area contributed by atoms with E-state index in [1.54, 1.807) is 0 Å². The molecule has 0 atom stereocenters. The molecule has 17 heteroatoms. The molecule has 0 spiro atoms. The van der Waals surface area contributed by atoms with Crippen LogP contribution >= 0.6 is 0 Å². The van der Waals surface area contributed by atoms with Crippen LogP contribution in [0.15, 0.2) is 46.2 Å². The first-order valence-electron chi connectivity index (χ1n) is 18.9. The van der Waals surface area contributed by atoms with Gasteiger partial charge in [-0.15, -0.1) is 0 Å². The third-order valence-electron chi connectivity index (χ3n) is 8.05. The van der Waals surface area contributed by atoms with Crippen molar-refractivity contribution in [3.8, 4) is 0 Å². The van der Waals surface area contributed by atoms with Gasteiger partial charge in [0.2, 0.25) is 0 Å². The minimum Gasteiger partial charge on any atom is -0.744 e.